The first-order chi connectivity index (χ1) is 8.91. The summed E-state index contributed by atoms with van der Waals surface area (Å²) in [5.74, 6) is -0.398. The second-order valence-corrected chi connectivity index (χ2v) is 4.14. The largest absolute Gasteiger partial charge is 0.508 e. The van der Waals surface area contributed by atoms with Crippen LogP contribution >= 0.6 is 0 Å². The summed E-state index contributed by atoms with van der Waals surface area (Å²) >= 11 is 0. The molecule has 6 nitrogen and oxygen atoms in total. The molecule has 0 aliphatic heterocycles. The highest BCUT2D eigenvalue weighted by atomic mass is 16.3. The molecule has 1 heterocycles. The molecule has 0 aliphatic rings. The fraction of sp³-hybridized carbons (Fsp3) is 0.143. The van der Waals surface area contributed by atoms with Gasteiger partial charge in [0.15, 0.2) is 5.75 Å². The van der Waals surface area contributed by atoms with Crippen molar-refractivity contribution in [2.75, 3.05) is 5.73 Å². The van der Waals surface area contributed by atoms with Crippen LogP contribution in [-0.4, -0.2) is 20.9 Å². The predicted molar refractivity (Wildman–Crippen MR) is 79.5 cm³/mol. The highest BCUT2D eigenvalue weighted by molar-refractivity contribution is 6.01. The molecule has 2 aromatic rings. The minimum Gasteiger partial charge on any atom is -0.508 e. The summed E-state index contributed by atoms with van der Waals surface area (Å²) in [6, 6.07) is 5.94. The molecule has 0 radical (unpaired) electrons. The van der Waals surface area contributed by atoms with E-state index >= 15 is 0 Å². The van der Waals surface area contributed by atoms with E-state index in [9.17, 15) is 15.0 Å². The maximum Gasteiger partial charge on any atom is 0.234 e. The molecule has 2 rings (SSSR count). The Bertz CT molecular complexity index is 703. The van der Waals surface area contributed by atoms with Crippen LogP contribution in [0.2, 0.25) is 0 Å². The van der Waals surface area contributed by atoms with Crippen molar-refractivity contribution in [2.24, 2.45) is 0 Å². The van der Waals surface area contributed by atoms with Crippen LogP contribution in [0.4, 0.5) is 5.82 Å². The Morgan fingerprint density at radius 1 is 1.25 bits per heavy atom. The fourth-order valence-corrected chi connectivity index (χ4v) is 1.82. The van der Waals surface area contributed by atoms with Gasteiger partial charge in [-0.25, -0.2) is 0 Å². The molecule has 0 saturated heterocycles. The number of phenolic OH excluding ortho intramolecular Hbond substituents is 1. The molecule has 0 spiro atoms. The number of nitrogens with one attached hydrogen (secondary N) is 2. The van der Waals surface area contributed by atoms with E-state index in [1.807, 2.05) is 0 Å². The lowest BCUT2D eigenvalue weighted by Crippen LogP contribution is -2.18. The van der Waals surface area contributed by atoms with Gasteiger partial charge in [0.25, 0.3) is 0 Å². The number of aromatic nitrogens is 1. The predicted octanol–water partition coefficient (Wildman–Crippen LogP) is 2.06. The molecule has 1 aromatic heterocycles. The van der Waals surface area contributed by atoms with Crippen LogP contribution in [0.25, 0.3) is 11.3 Å². The SMILES string of the molecule is C.CC(=N)c1c(N)[nH]c(-c2ccc(O)cc2)c(O)c1=O. The summed E-state index contributed by atoms with van der Waals surface area (Å²) in [4.78, 5) is 14.7. The Hall–Kier alpha value is -2.76. The zero-order chi connectivity index (χ0) is 14.2. The first-order valence-electron chi connectivity index (χ1n) is 5.51. The van der Waals surface area contributed by atoms with Crippen molar-refractivity contribution in [2.45, 2.75) is 14.4 Å². The van der Waals surface area contributed by atoms with E-state index < -0.39 is 11.2 Å². The third-order valence-electron chi connectivity index (χ3n) is 2.74. The van der Waals surface area contributed by atoms with Gasteiger partial charge in [-0.05, 0) is 31.2 Å². The van der Waals surface area contributed by atoms with Crippen LogP contribution in [0.1, 0.15) is 19.9 Å². The average molecular weight is 275 g/mol. The summed E-state index contributed by atoms with van der Waals surface area (Å²) < 4.78 is 0. The summed E-state index contributed by atoms with van der Waals surface area (Å²) in [6.45, 7) is 1.42. The standard InChI is InChI=1S/C13H13N3O3.CH4/c1-6(14)9-11(18)12(19)10(16-13(9)15)7-2-4-8(17)5-3-7;/h2-5,14,17,19H,1H3,(H3,15,16,18);1H4. The fourth-order valence-electron chi connectivity index (χ4n) is 1.82. The van der Waals surface area contributed by atoms with Crippen LogP contribution in [-0.2, 0) is 0 Å². The lowest BCUT2D eigenvalue weighted by Gasteiger charge is -2.10. The molecule has 0 fully saturated rings. The number of benzene rings is 1. The van der Waals surface area contributed by atoms with E-state index in [-0.39, 0.29) is 36.0 Å². The Morgan fingerprint density at radius 3 is 2.30 bits per heavy atom. The number of anilines is 1. The smallest absolute Gasteiger partial charge is 0.234 e. The van der Waals surface area contributed by atoms with Gasteiger partial charge in [-0.3, -0.25) is 4.79 Å². The summed E-state index contributed by atoms with van der Waals surface area (Å²) in [5, 5.41) is 26.6. The van der Waals surface area contributed by atoms with Crippen molar-refractivity contribution >= 4 is 11.5 Å². The summed E-state index contributed by atoms with van der Waals surface area (Å²) in [5.41, 5.74) is 5.62. The Balaban J connectivity index is 0.00000200. The van der Waals surface area contributed by atoms with Gasteiger partial charge < -0.3 is 26.3 Å². The van der Waals surface area contributed by atoms with Gasteiger partial charge in [0.05, 0.1) is 11.3 Å². The number of aromatic amines is 1. The number of pyridine rings is 1. The quantitative estimate of drug-likeness (QED) is 0.538. The minimum atomic E-state index is -0.688. The number of nitrogens with two attached hydrogens (primary N) is 1. The third kappa shape index (κ3) is 2.49. The van der Waals surface area contributed by atoms with Crippen molar-refractivity contribution < 1.29 is 10.2 Å². The summed E-state index contributed by atoms with van der Waals surface area (Å²) in [7, 11) is 0. The van der Waals surface area contributed by atoms with Crippen molar-refractivity contribution in [3.05, 3.63) is 40.1 Å². The van der Waals surface area contributed by atoms with E-state index in [4.69, 9.17) is 11.1 Å². The molecule has 20 heavy (non-hydrogen) atoms. The Morgan fingerprint density at radius 2 is 1.80 bits per heavy atom. The molecule has 1 aromatic carbocycles. The molecule has 106 valence electrons. The van der Waals surface area contributed by atoms with E-state index in [0.29, 0.717) is 5.56 Å². The van der Waals surface area contributed by atoms with Gasteiger partial charge in [0, 0.05) is 11.3 Å². The molecule has 0 atom stereocenters. The number of aromatic hydroxyl groups is 2. The lowest BCUT2D eigenvalue weighted by atomic mass is 10.1. The van der Waals surface area contributed by atoms with Crippen molar-refractivity contribution in [1.82, 2.24) is 4.98 Å². The first-order valence-corrected chi connectivity index (χ1v) is 5.51. The number of hydrogen-bond donors (Lipinski definition) is 5. The minimum absolute atomic E-state index is 0. The lowest BCUT2D eigenvalue weighted by molar-refractivity contribution is 0.469. The topological polar surface area (TPSA) is 123 Å². The Kier molecular flexibility index (Phi) is 4.19. The number of phenols is 1. The Labute approximate surface area is 116 Å². The molecule has 0 unspecified atom stereocenters. The van der Waals surface area contributed by atoms with Crippen LogP contribution in [0.15, 0.2) is 29.1 Å². The highest BCUT2D eigenvalue weighted by Crippen LogP contribution is 2.27. The highest BCUT2D eigenvalue weighted by Gasteiger charge is 2.17. The maximum atomic E-state index is 12.0. The van der Waals surface area contributed by atoms with Gasteiger partial charge in [-0.2, -0.15) is 0 Å². The van der Waals surface area contributed by atoms with Crippen molar-refractivity contribution in [1.29, 1.82) is 5.41 Å². The van der Waals surface area contributed by atoms with Crippen LogP contribution in [0.3, 0.4) is 0 Å². The van der Waals surface area contributed by atoms with Crippen LogP contribution in [0, 0.1) is 5.41 Å². The van der Waals surface area contributed by atoms with Crippen molar-refractivity contribution in [3.8, 4) is 22.8 Å². The van der Waals surface area contributed by atoms with E-state index in [2.05, 4.69) is 4.98 Å². The summed E-state index contributed by atoms with van der Waals surface area (Å²) in [6.07, 6.45) is 0. The first kappa shape index (κ1) is 15.3. The molecule has 0 aliphatic carbocycles. The maximum absolute atomic E-state index is 12.0. The molecule has 0 saturated carbocycles. The molecule has 0 bridgehead atoms. The number of H-pyrrole nitrogens is 1. The van der Waals surface area contributed by atoms with Gasteiger partial charge in [0.1, 0.15) is 11.6 Å². The number of hydrogen-bond acceptors (Lipinski definition) is 5. The van der Waals surface area contributed by atoms with Gasteiger partial charge >= 0.3 is 0 Å². The second-order valence-electron chi connectivity index (χ2n) is 4.14. The van der Waals surface area contributed by atoms with Gasteiger partial charge in [-0.15, -0.1) is 0 Å². The number of nitrogen functional groups attached to an aromatic ring is 1. The molecular formula is C14H17N3O3. The molecule has 6 N–H and O–H groups in total. The van der Waals surface area contributed by atoms with Crippen LogP contribution in [0.5, 0.6) is 11.5 Å². The normalized spacial score (nSPS) is 9.85. The van der Waals surface area contributed by atoms with E-state index in [1.54, 1.807) is 0 Å². The van der Waals surface area contributed by atoms with Gasteiger partial charge in [0.2, 0.25) is 5.43 Å². The number of rotatable bonds is 2. The zero-order valence-electron chi connectivity index (χ0n) is 10.2. The monoisotopic (exact) mass is 275 g/mol. The average Bonchev–Trinajstić information content (AvgIpc) is 2.34. The molecule has 6 heteroatoms. The van der Waals surface area contributed by atoms with E-state index in [0.717, 1.165) is 0 Å². The molecular weight excluding hydrogens is 258 g/mol. The zero-order valence-corrected chi connectivity index (χ0v) is 10.2. The van der Waals surface area contributed by atoms with Crippen molar-refractivity contribution in [3.63, 3.8) is 0 Å². The third-order valence-corrected chi connectivity index (χ3v) is 2.74. The second kappa shape index (κ2) is 5.48. The van der Waals surface area contributed by atoms with Crippen LogP contribution < -0.4 is 11.2 Å². The molecule has 0 amide bonds. The van der Waals surface area contributed by atoms with Gasteiger partial charge in [-0.1, -0.05) is 7.43 Å². The van der Waals surface area contributed by atoms with E-state index in [1.165, 1.54) is 31.2 Å².